The molecule has 0 spiro atoms. The van der Waals surface area contributed by atoms with E-state index in [1.54, 1.807) is 13.8 Å². The molecule has 86 valence electrons. The Hall–Kier alpha value is -0.910. The molecule has 0 radical (unpaired) electrons. The van der Waals surface area contributed by atoms with Crippen molar-refractivity contribution in [2.75, 3.05) is 7.11 Å². The zero-order valence-electron chi connectivity index (χ0n) is 8.79. The number of alkyl halides is 1. The molecule has 0 aromatic carbocycles. The molecule has 0 aliphatic heterocycles. The first-order valence-corrected chi connectivity index (χ1v) is 5.28. The highest BCUT2D eigenvalue weighted by Crippen LogP contribution is 2.21. The second-order valence-corrected chi connectivity index (χ2v) is 4.23. The Morgan fingerprint density at radius 3 is 2.53 bits per heavy atom. The van der Waals surface area contributed by atoms with Gasteiger partial charge < -0.3 is 4.74 Å². The first-order valence-electron chi connectivity index (χ1n) is 4.37. The van der Waals surface area contributed by atoms with E-state index in [4.69, 9.17) is 4.74 Å². The van der Waals surface area contributed by atoms with Crippen LogP contribution in [0.3, 0.4) is 0 Å². The highest BCUT2D eigenvalue weighted by molar-refractivity contribution is 9.09. The molecule has 1 atom stereocenters. The van der Waals surface area contributed by atoms with Crippen LogP contribution in [0.25, 0.3) is 0 Å². The van der Waals surface area contributed by atoms with Crippen molar-refractivity contribution in [3.05, 3.63) is 33.5 Å². The van der Waals surface area contributed by atoms with Gasteiger partial charge in [-0.15, -0.1) is 0 Å². The van der Waals surface area contributed by atoms with Gasteiger partial charge in [0, 0.05) is 11.2 Å². The second kappa shape index (κ2) is 6.55. The molecule has 0 saturated carbocycles. The average Bonchev–Trinajstić information content (AvgIpc) is 2.11. The molecule has 0 saturated heterocycles. The summed E-state index contributed by atoms with van der Waals surface area (Å²) in [5.41, 5.74) is -0.264. The molecule has 0 bridgehead atoms. The van der Waals surface area contributed by atoms with E-state index in [2.05, 4.69) is 15.9 Å². The molecule has 0 fully saturated rings. The molecule has 4 nitrogen and oxygen atoms in total. The Balaban J connectivity index is 5.27. The van der Waals surface area contributed by atoms with E-state index >= 15 is 0 Å². The lowest BCUT2D eigenvalue weighted by atomic mass is 10.2. The monoisotopic (exact) mass is 281 g/mol. The maximum atomic E-state index is 13.5. The maximum Gasteiger partial charge on any atom is 0.290 e. The number of rotatable bonds is 5. The topological polar surface area (TPSA) is 52.4 Å². The molecule has 0 N–H and O–H groups in total. The van der Waals surface area contributed by atoms with Crippen LogP contribution in [0.1, 0.15) is 20.3 Å². The largest absolute Gasteiger partial charge is 0.488 e. The van der Waals surface area contributed by atoms with Gasteiger partial charge in [-0.3, -0.25) is 10.1 Å². The minimum atomic E-state index is -0.726. The molecule has 15 heavy (non-hydrogen) atoms. The second-order valence-electron chi connectivity index (χ2n) is 2.78. The van der Waals surface area contributed by atoms with Gasteiger partial charge in [0.25, 0.3) is 5.70 Å². The molecule has 0 heterocycles. The molecule has 0 aromatic heterocycles. The minimum absolute atomic E-state index is 0.105. The zero-order valence-corrected chi connectivity index (χ0v) is 10.4. The fourth-order valence-electron chi connectivity index (χ4n) is 1.00. The lowest BCUT2D eigenvalue weighted by Crippen LogP contribution is -2.05. The molecule has 0 aromatic rings. The van der Waals surface area contributed by atoms with Gasteiger partial charge in [0.05, 0.1) is 12.0 Å². The fourth-order valence-corrected chi connectivity index (χ4v) is 1.24. The number of nitro groups is 1. The molecule has 0 aliphatic rings. The summed E-state index contributed by atoms with van der Waals surface area (Å²) in [7, 11) is 1.21. The quantitative estimate of drug-likeness (QED) is 0.256. The average molecular weight is 282 g/mol. The third-order valence-electron chi connectivity index (χ3n) is 1.61. The Morgan fingerprint density at radius 1 is 1.73 bits per heavy atom. The lowest BCUT2D eigenvalue weighted by molar-refractivity contribution is -0.430. The van der Waals surface area contributed by atoms with E-state index in [1.807, 2.05) is 0 Å². The van der Waals surface area contributed by atoms with E-state index in [0.717, 1.165) is 0 Å². The molecule has 0 amide bonds. The molecule has 6 heteroatoms. The van der Waals surface area contributed by atoms with Crippen LogP contribution in [0.4, 0.5) is 4.39 Å². The number of hydrogen-bond acceptors (Lipinski definition) is 3. The number of methoxy groups -OCH3 is 1. The summed E-state index contributed by atoms with van der Waals surface area (Å²) in [4.78, 5) is 9.73. The molecular formula is C9H13BrFNO3. The predicted molar refractivity (Wildman–Crippen MR) is 58.9 cm³/mol. The number of halogens is 2. The smallest absolute Gasteiger partial charge is 0.290 e. The van der Waals surface area contributed by atoms with E-state index in [9.17, 15) is 14.5 Å². The van der Waals surface area contributed by atoms with Crippen LogP contribution in [0, 0.1) is 10.1 Å². The van der Waals surface area contributed by atoms with Crippen molar-refractivity contribution >= 4 is 15.9 Å². The number of nitrogens with zero attached hydrogens (tertiary/aromatic N) is 1. The summed E-state index contributed by atoms with van der Waals surface area (Å²) in [6.45, 7) is 3.27. The summed E-state index contributed by atoms with van der Waals surface area (Å²) in [6.07, 6.45) is 1.31. The van der Waals surface area contributed by atoms with Crippen molar-refractivity contribution in [1.82, 2.24) is 0 Å². The van der Waals surface area contributed by atoms with Crippen LogP contribution >= 0.6 is 15.9 Å². The van der Waals surface area contributed by atoms with Gasteiger partial charge in [-0.05, 0) is 13.0 Å². The SMILES string of the molecule is CC/C(=C(OC)\C(F)=C/C(C)Br)[N+](=O)[O-]. The summed E-state index contributed by atoms with van der Waals surface area (Å²) in [5, 5.41) is 10.6. The van der Waals surface area contributed by atoms with E-state index < -0.39 is 10.8 Å². The molecular weight excluding hydrogens is 269 g/mol. The van der Waals surface area contributed by atoms with Crippen LogP contribution in [-0.4, -0.2) is 16.9 Å². The van der Waals surface area contributed by atoms with Crippen LogP contribution in [0.15, 0.2) is 23.4 Å². The summed E-state index contributed by atoms with van der Waals surface area (Å²) < 4.78 is 18.2. The highest BCUT2D eigenvalue weighted by atomic mass is 79.9. The van der Waals surface area contributed by atoms with E-state index in [-0.39, 0.29) is 22.7 Å². The predicted octanol–water partition coefficient (Wildman–Crippen LogP) is 3.17. The standard InChI is InChI=1S/C9H13BrFNO3/c1-4-8(12(13)14)9(15-3)7(11)5-6(2)10/h5-6H,4H2,1-3H3/b7-5+,9-8-. The van der Waals surface area contributed by atoms with E-state index in [1.165, 1.54) is 13.2 Å². The first kappa shape index (κ1) is 14.1. The summed E-state index contributed by atoms with van der Waals surface area (Å²) >= 11 is 3.12. The Bertz CT molecular complexity index is 300. The summed E-state index contributed by atoms with van der Waals surface area (Å²) in [6, 6.07) is 0. The molecule has 0 rings (SSSR count). The number of ether oxygens (including phenoxy) is 1. The molecule has 0 aliphatic carbocycles. The van der Waals surface area contributed by atoms with Crippen LogP contribution in [0.2, 0.25) is 0 Å². The number of allylic oxidation sites excluding steroid dienone is 3. The van der Waals surface area contributed by atoms with Crippen molar-refractivity contribution in [2.24, 2.45) is 0 Å². The maximum absolute atomic E-state index is 13.5. The van der Waals surface area contributed by atoms with Crippen LogP contribution < -0.4 is 0 Å². The first-order chi connectivity index (χ1) is 6.93. The van der Waals surface area contributed by atoms with Gasteiger partial charge in [0.2, 0.25) is 5.76 Å². The lowest BCUT2D eigenvalue weighted by Gasteiger charge is -2.05. The Morgan fingerprint density at radius 2 is 2.27 bits per heavy atom. The zero-order chi connectivity index (χ0) is 12.0. The van der Waals surface area contributed by atoms with Gasteiger partial charge in [-0.1, -0.05) is 22.9 Å². The third-order valence-corrected chi connectivity index (χ3v) is 1.88. The van der Waals surface area contributed by atoms with Crippen molar-refractivity contribution < 1.29 is 14.1 Å². The Labute approximate surface area is 96.1 Å². The summed E-state index contributed by atoms with van der Waals surface area (Å²) in [5.74, 6) is -1.04. The van der Waals surface area contributed by atoms with Gasteiger partial charge in [0.15, 0.2) is 5.83 Å². The number of hydrogen-bond donors (Lipinski definition) is 0. The van der Waals surface area contributed by atoms with Gasteiger partial charge in [-0.2, -0.15) is 0 Å². The van der Waals surface area contributed by atoms with Gasteiger partial charge >= 0.3 is 0 Å². The van der Waals surface area contributed by atoms with Crippen molar-refractivity contribution in [3.63, 3.8) is 0 Å². The molecule has 1 unspecified atom stereocenters. The van der Waals surface area contributed by atoms with E-state index in [0.29, 0.717) is 0 Å². The van der Waals surface area contributed by atoms with Crippen LogP contribution in [0.5, 0.6) is 0 Å². The van der Waals surface area contributed by atoms with Gasteiger partial charge in [-0.25, -0.2) is 4.39 Å². The Kier molecular flexibility index (Phi) is 6.15. The van der Waals surface area contributed by atoms with Crippen molar-refractivity contribution in [3.8, 4) is 0 Å². The van der Waals surface area contributed by atoms with Gasteiger partial charge in [0.1, 0.15) is 0 Å². The van der Waals surface area contributed by atoms with Crippen LogP contribution in [-0.2, 0) is 4.74 Å². The van der Waals surface area contributed by atoms with Crippen molar-refractivity contribution in [2.45, 2.75) is 25.1 Å². The van der Waals surface area contributed by atoms with Crippen molar-refractivity contribution in [1.29, 1.82) is 0 Å². The minimum Gasteiger partial charge on any atom is -0.488 e. The third kappa shape index (κ3) is 4.42. The highest BCUT2D eigenvalue weighted by Gasteiger charge is 2.21. The fraction of sp³-hybridized carbons (Fsp3) is 0.556. The normalized spacial score (nSPS) is 15.7.